The van der Waals surface area contributed by atoms with Crippen LogP contribution in [0.15, 0.2) is 79.9 Å². The number of rotatable bonds is 4. The van der Waals surface area contributed by atoms with Crippen LogP contribution < -0.4 is 0 Å². The highest BCUT2D eigenvalue weighted by Gasteiger charge is 2.00. The van der Waals surface area contributed by atoms with Gasteiger partial charge in [0, 0.05) is 0 Å². The monoisotopic (exact) mass is 246 g/mol. The lowest BCUT2D eigenvalue weighted by Gasteiger charge is -2.06. The fraction of sp³-hybridized carbons (Fsp3) is 0.0526. The molecule has 19 heavy (non-hydrogen) atoms. The molecule has 0 atom stereocenters. The lowest BCUT2D eigenvalue weighted by molar-refractivity contribution is 1.46. The third-order valence-corrected chi connectivity index (χ3v) is 3.08. The van der Waals surface area contributed by atoms with Gasteiger partial charge in [-0.3, -0.25) is 0 Å². The first kappa shape index (κ1) is 13.1. The first-order valence-electron chi connectivity index (χ1n) is 6.36. The molecule has 2 aromatic carbocycles. The average Bonchev–Trinajstić information content (AvgIpc) is 2.46. The summed E-state index contributed by atoms with van der Waals surface area (Å²) in [5.41, 5.74) is 5.64. The molecule has 0 heteroatoms. The van der Waals surface area contributed by atoms with Crippen molar-refractivity contribution in [1.29, 1.82) is 0 Å². The third kappa shape index (κ3) is 3.32. The summed E-state index contributed by atoms with van der Waals surface area (Å²) in [5.74, 6) is 0. The zero-order chi connectivity index (χ0) is 13.7. The Kier molecular flexibility index (Phi) is 4.15. The molecule has 0 amide bonds. The average molecular weight is 246 g/mol. The van der Waals surface area contributed by atoms with Gasteiger partial charge in [-0.1, -0.05) is 79.4 Å². The van der Waals surface area contributed by atoms with Crippen LogP contribution in [0.3, 0.4) is 0 Å². The van der Waals surface area contributed by atoms with Gasteiger partial charge in [-0.2, -0.15) is 0 Å². The summed E-state index contributed by atoms with van der Waals surface area (Å²) in [7, 11) is 0. The third-order valence-electron chi connectivity index (χ3n) is 3.08. The Labute approximate surface area is 115 Å². The lowest BCUT2D eigenvalue weighted by Crippen LogP contribution is -1.84. The first-order chi connectivity index (χ1) is 9.20. The molecule has 0 aliphatic carbocycles. The van der Waals surface area contributed by atoms with Gasteiger partial charge in [-0.25, -0.2) is 0 Å². The maximum absolute atomic E-state index is 4.14. The second-order valence-corrected chi connectivity index (χ2v) is 4.56. The minimum absolute atomic E-state index is 0.999. The van der Waals surface area contributed by atoms with Crippen LogP contribution in [0.2, 0.25) is 0 Å². The van der Waals surface area contributed by atoms with Crippen molar-refractivity contribution in [3.8, 4) is 0 Å². The molecule has 0 heterocycles. The standard InChI is InChI=1S/C19H18/c1-4-17(19-8-6-5-7-9-19)14-16(3)18-12-10-15(2)11-13-18/h4-14H,1,3H2,2H3/b17-14+. The summed E-state index contributed by atoms with van der Waals surface area (Å²) in [6.45, 7) is 10.1. The molecular weight excluding hydrogens is 228 g/mol. The maximum atomic E-state index is 4.14. The highest BCUT2D eigenvalue weighted by atomic mass is 14.0. The van der Waals surface area contributed by atoms with Crippen LogP contribution in [-0.4, -0.2) is 0 Å². The second kappa shape index (κ2) is 6.01. The number of benzene rings is 2. The fourth-order valence-corrected chi connectivity index (χ4v) is 1.93. The molecular formula is C19H18. The van der Waals surface area contributed by atoms with Crippen molar-refractivity contribution in [2.24, 2.45) is 0 Å². The van der Waals surface area contributed by atoms with E-state index in [2.05, 4.69) is 62.6 Å². The van der Waals surface area contributed by atoms with E-state index in [0.717, 1.165) is 22.3 Å². The van der Waals surface area contributed by atoms with Gasteiger partial charge in [0.25, 0.3) is 0 Å². The van der Waals surface area contributed by atoms with Crippen molar-refractivity contribution in [2.75, 3.05) is 0 Å². The lowest BCUT2D eigenvalue weighted by atomic mass is 9.99. The summed E-state index contributed by atoms with van der Waals surface area (Å²) in [4.78, 5) is 0. The quantitative estimate of drug-likeness (QED) is 0.644. The van der Waals surface area contributed by atoms with Crippen LogP contribution >= 0.6 is 0 Å². The normalized spacial score (nSPS) is 11.1. The minimum atomic E-state index is 0.999. The summed E-state index contributed by atoms with van der Waals surface area (Å²) in [6, 6.07) is 18.6. The van der Waals surface area contributed by atoms with E-state index in [9.17, 15) is 0 Å². The number of allylic oxidation sites excluding steroid dienone is 4. The molecule has 0 radical (unpaired) electrons. The molecule has 0 unspecified atom stereocenters. The van der Waals surface area contributed by atoms with Crippen LogP contribution in [0.25, 0.3) is 11.1 Å². The molecule has 0 nitrogen and oxygen atoms in total. The van der Waals surface area contributed by atoms with Crippen molar-refractivity contribution in [2.45, 2.75) is 6.92 Å². The molecule has 0 saturated carbocycles. The van der Waals surface area contributed by atoms with E-state index in [1.807, 2.05) is 24.3 Å². The minimum Gasteiger partial charge on any atom is -0.0984 e. The van der Waals surface area contributed by atoms with Crippen molar-refractivity contribution in [1.82, 2.24) is 0 Å². The molecule has 0 N–H and O–H groups in total. The zero-order valence-electron chi connectivity index (χ0n) is 11.3. The summed E-state index contributed by atoms with van der Waals surface area (Å²) < 4.78 is 0. The second-order valence-electron chi connectivity index (χ2n) is 4.56. The van der Waals surface area contributed by atoms with Crippen LogP contribution in [0.5, 0.6) is 0 Å². The Hall–Kier alpha value is -2.34. The van der Waals surface area contributed by atoms with E-state index >= 15 is 0 Å². The molecule has 0 aliphatic rings. The Morgan fingerprint density at radius 1 is 0.895 bits per heavy atom. The van der Waals surface area contributed by atoms with Crippen molar-refractivity contribution >= 4 is 11.1 Å². The molecule has 0 saturated heterocycles. The summed E-state index contributed by atoms with van der Waals surface area (Å²) in [6.07, 6.45) is 3.95. The van der Waals surface area contributed by atoms with Gasteiger partial charge in [-0.15, -0.1) is 0 Å². The molecule has 0 spiro atoms. The summed E-state index contributed by atoms with van der Waals surface area (Å²) in [5, 5.41) is 0. The first-order valence-corrected chi connectivity index (χ1v) is 6.36. The van der Waals surface area contributed by atoms with Gasteiger partial charge in [0.05, 0.1) is 0 Å². The molecule has 94 valence electrons. The predicted octanol–water partition coefficient (Wildman–Crippen LogP) is 5.28. The van der Waals surface area contributed by atoms with Gasteiger partial charge < -0.3 is 0 Å². The van der Waals surface area contributed by atoms with Crippen molar-refractivity contribution in [3.63, 3.8) is 0 Å². The van der Waals surface area contributed by atoms with Gasteiger partial charge >= 0.3 is 0 Å². The Morgan fingerprint density at radius 2 is 1.53 bits per heavy atom. The predicted molar refractivity (Wildman–Crippen MR) is 84.8 cm³/mol. The van der Waals surface area contributed by atoms with E-state index in [1.54, 1.807) is 0 Å². The van der Waals surface area contributed by atoms with Crippen molar-refractivity contribution in [3.05, 3.63) is 96.6 Å². The summed E-state index contributed by atoms with van der Waals surface area (Å²) >= 11 is 0. The number of aryl methyl sites for hydroxylation is 1. The van der Waals surface area contributed by atoms with E-state index < -0.39 is 0 Å². The van der Waals surface area contributed by atoms with Gasteiger partial charge in [0.2, 0.25) is 0 Å². The zero-order valence-corrected chi connectivity index (χ0v) is 11.3. The van der Waals surface area contributed by atoms with E-state index in [0.29, 0.717) is 0 Å². The van der Waals surface area contributed by atoms with E-state index in [-0.39, 0.29) is 0 Å². The maximum Gasteiger partial charge on any atom is -0.0184 e. The molecule has 0 aromatic heterocycles. The van der Waals surface area contributed by atoms with Gasteiger partial charge in [0.1, 0.15) is 0 Å². The van der Waals surface area contributed by atoms with Crippen LogP contribution in [0, 0.1) is 6.92 Å². The van der Waals surface area contributed by atoms with Crippen LogP contribution in [0.4, 0.5) is 0 Å². The highest BCUT2D eigenvalue weighted by molar-refractivity contribution is 5.86. The van der Waals surface area contributed by atoms with Gasteiger partial charge in [-0.05, 0) is 35.3 Å². The molecule has 0 fully saturated rings. The van der Waals surface area contributed by atoms with Crippen molar-refractivity contribution < 1.29 is 0 Å². The van der Waals surface area contributed by atoms with E-state index in [4.69, 9.17) is 0 Å². The SMILES string of the molecule is C=C/C(=C\C(=C)c1ccc(C)cc1)c1ccccc1. The highest BCUT2D eigenvalue weighted by Crippen LogP contribution is 2.22. The fourth-order valence-electron chi connectivity index (χ4n) is 1.93. The molecule has 2 rings (SSSR count). The number of hydrogen-bond donors (Lipinski definition) is 0. The topological polar surface area (TPSA) is 0 Å². The number of hydrogen-bond acceptors (Lipinski definition) is 0. The molecule has 0 bridgehead atoms. The Bertz CT molecular complexity index is 598. The Balaban J connectivity index is 2.31. The Morgan fingerprint density at radius 3 is 2.11 bits per heavy atom. The largest absolute Gasteiger partial charge is 0.0984 e. The molecule has 0 aliphatic heterocycles. The smallest absolute Gasteiger partial charge is 0.0184 e. The molecule has 2 aromatic rings. The van der Waals surface area contributed by atoms with E-state index in [1.165, 1.54) is 5.56 Å². The van der Waals surface area contributed by atoms with Gasteiger partial charge in [0.15, 0.2) is 0 Å². The van der Waals surface area contributed by atoms with Crippen LogP contribution in [0.1, 0.15) is 16.7 Å². The van der Waals surface area contributed by atoms with Crippen LogP contribution in [-0.2, 0) is 0 Å².